The second-order valence-corrected chi connectivity index (χ2v) is 10.5. The van der Waals surface area contributed by atoms with E-state index >= 15 is 0 Å². The van der Waals surface area contributed by atoms with E-state index < -0.39 is 56.9 Å². The Kier molecular flexibility index (Phi) is 6.63. The van der Waals surface area contributed by atoms with Crippen LogP contribution in [0.4, 0.5) is 32.0 Å². The molecule has 0 N–H and O–H groups in total. The molecule has 36 heavy (non-hydrogen) atoms. The van der Waals surface area contributed by atoms with E-state index in [1.54, 1.807) is 6.92 Å². The first kappa shape index (κ1) is 26.1. The smallest absolute Gasteiger partial charge is 0.266 e. The highest BCUT2D eigenvalue weighted by molar-refractivity contribution is 7.92. The molecule has 1 aliphatic rings. The molecule has 3 aromatic carbocycles. The Balaban J connectivity index is 1.83. The second-order valence-electron chi connectivity index (χ2n) is 8.26. The first-order chi connectivity index (χ1) is 16.7. The van der Waals surface area contributed by atoms with Gasteiger partial charge in [-0.25, -0.2) is 21.6 Å². The third kappa shape index (κ3) is 4.84. The quantitative estimate of drug-likeness (QED) is 0.248. The summed E-state index contributed by atoms with van der Waals surface area (Å²) in [5, 5.41) is 0.127. The van der Waals surface area contributed by atoms with E-state index in [4.69, 9.17) is 11.6 Å². The number of hydrogen-bond acceptors (Lipinski definition) is 2. The molecule has 0 amide bonds. The van der Waals surface area contributed by atoms with Crippen molar-refractivity contribution in [3.63, 3.8) is 0 Å². The van der Waals surface area contributed by atoms with Gasteiger partial charge in [-0.05, 0) is 54.5 Å². The van der Waals surface area contributed by atoms with Crippen LogP contribution in [0.15, 0.2) is 65.6 Å². The summed E-state index contributed by atoms with van der Waals surface area (Å²) >= 11 is 6.09. The number of fused-ring (bicyclic) bond motifs is 1. The highest BCUT2D eigenvalue weighted by Crippen LogP contribution is 2.45. The van der Waals surface area contributed by atoms with Crippen LogP contribution in [0.1, 0.15) is 35.6 Å². The number of anilines is 1. The molecule has 0 spiro atoms. The molecule has 0 saturated carbocycles. The minimum atomic E-state index is -4.79. The Morgan fingerprint density at radius 2 is 1.75 bits per heavy atom. The van der Waals surface area contributed by atoms with Gasteiger partial charge in [-0.15, -0.1) is 0 Å². The largest absolute Gasteiger partial charge is 0.416 e. The van der Waals surface area contributed by atoms with Gasteiger partial charge in [0.1, 0.15) is 5.82 Å². The molecule has 4 rings (SSSR count). The summed E-state index contributed by atoms with van der Waals surface area (Å²) in [6.07, 6.45) is -4.19. The van der Waals surface area contributed by atoms with Crippen molar-refractivity contribution >= 4 is 39.0 Å². The summed E-state index contributed by atoms with van der Waals surface area (Å²) in [6.45, 7) is 0.902. The van der Waals surface area contributed by atoms with Gasteiger partial charge in [0.2, 0.25) is 0 Å². The van der Waals surface area contributed by atoms with E-state index in [2.05, 4.69) is 0 Å². The Bertz CT molecular complexity index is 1450. The number of halogens is 7. The molecule has 11 heteroatoms. The van der Waals surface area contributed by atoms with Gasteiger partial charge in [0, 0.05) is 24.1 Å². The van der Waals surface area contributed by atoms with E-state index in [-0.39, 0.29) is 21.8 Å². The molecule has 0 bridgehead atoms. The molecular formula is C25H18ClF6NO2S. The lowest BCUT2D eigenvalue weighted by Gasteiger charge is -2.35. The van der Waals surface area contributed by atoms with Crippen LogP contribution in [-0.2, 0) is 22.1 Å². The van der Waals surface area contributed by atoms with Crippen LogP contribution in [0.5, 0.6) is 0 Å². The van der Waals surface area contributed by atoms with E-state index in [0.717, 1.165) is 24.3 Å². The SMILES string of the molecule is CC(=Cc1ccc2c(c1)N(S(=O)(=O)c1cccc(C(F)(F)F)c1)CCC2(F)F)c1c(F)cccc1Cl. The minimum absolute atomic E-state index is 0.0932. The number of benzene rings is 3. The first-order valence-corrected chi connectivity index (χ1v) is 12.4. The van der Waals surface area contributed by atoms with Gasteiger partial charge < -0.3 is 0 Å². The molecule has 1 heterocycles. The van der Waals surface area contributed by atoms with E-state index in [9.17, 15) is 34.8 Å². The molecule has 0 radical (unpaired) electrons. The zero-order chi connectivity index (χ0) is 26.5. The van der Waals surface area contributed by atoms with Gasteiger partial charge in [0.15, 0.2) is 0 Å². The van der Waals surface area contributed by atoms with E-state index in [0.29, 0.717) is 15.9 Å². The standard InChI is InChI=1S/C25H18ClF6NO2S/c1-15(23-20(26)6-3-7-21(23)27)12-16-8-9-19-22(13-16)33(11-10-24(19,28)29)36(34,35)18-5-2-4-17(14-18)25(30,31)32/h2-9,12-14H,10-11H2,1H3. The molecule has 3 nitrogen and oxygen atoms in total. The number of nitrogens with zero attached hydrogens (tertiary/aromatic N) is 1. The fourth-order valence-electron chi connectivity index (χ4n) is 4.06. The Morgan fingerprint density at radius 1 is 1.06 bits per heavy atom. The molecule has 0 aromatic heterocycles. The molecule has 3 aromatic rings. The monoisotopic (exact) mass is 545 g/mol. The number of allylic oxidation sites excluding steroid dienone is 1. The zero-order valence-corrected chi connectivity index (χ0v) is 20.2. The zero-order valence-electron chi connectivity index (χ0n) is 18.6. The Labute approximate surface area is 208 Å². The van der Waals surface area contributed by atoms with Gasteiger partial charge in [-0.2, -0.15) is 13.2 Å². The van der Waals surface area contributed by atoms with Crippen molar-refractivity contribution in [3.05, 3.63) is 93.8 Å². The average molecular weight is 546 g/mol. The van der Waals surface area contributed by atoms with Crippen molar-refractivity contribution in [3.8, 4) is 0 Å². The lowest BCUT2D eigenvalue weighted by molar-refractivity contribution is -0.137. The number of alkyl halides is 5. The van der Waals surface area contributed by atoms with E-state index in [1.165, 1.54) is 36.4 Å². The third-order valence-corrected chi connectivity index (χ3v) is 7.93. The normalized spacial score (nSPS) is 16.1. The number of sulfonamides is 1. The average Bonchev–Trinajstić information content (AvgIpc) is 2.78. The van der Waals surface area contributed by atoms with Crippen LogP contribution in [0, 0.1) is 5.82 Å². The fraction of sp³-hybridized carbons (Fsp3) is 0.200. The summed E-state index contributed by atoms with van der Waals surface area (Å²) in [6, 6.07) is 10.8. The van der Waals surface area contributed by atoms with Crippen LogP contribution in [0.2, 0.25) is 5.02 Å². The van der Waals surface area contributed by atoms with Gasteiger partial charge >= 0.3 is 6.18 Å². The number of rotatable bonds is 4. The second kappa shape index (κ2) is 9.15. The van der Waals surface area contributed by atoms with Crippen molar-refractivity contribution in [2.45, 2.75) is 30.3 Å². The number of hydrogen-bond donors (Lipinski definition) is 0. The topological polar surface area (TPSA) is 37.4 Å². The molecule has 0 unspecified atom stereocenters. The van der Waals surface area contributed by atoms with Gasteiger partial charge in [-0.3, -0.25) is 4.31 Å². The van der Waals surface area contributed by atoms with Crippen LogP contribution in [-0.4, -0.2) is 15.0 Å². The Morgan fingerprint density at radius 3 is 2.42 bits per heavy atom. The molecule has 1 aliphatic heterocycles. The summed E-state index contributed by atoms with van der Waals surface area (Å²) in [7, 11) is -4.62. The highest BCUT2D eigenvalue weighted by atomic mass is 35.5. The highest BCUT2D eigenvalue weighted by Gasteiger charge is 2.43. The third-order valence-electron chi connectivity index (χ3n) is 5.80. The summed E-state index contributed by atoms with van der Waals surface area (Å²) in [5.41, 5.74) is -1.41. The first-order valence-electron chi connectivity index (χ1n) is 10.6. The predicted molar refractivity (Wildman–Crippen MR) is 126 cm³/mol. The maximum atomic E-state index is 14.7. The minimum Gasteiger partial charge on any atom is -0.266 e. The van der Waals surface area contributed by atoms with E-state index in [1.807, 2.05) is 0 Å². The van der Waals surface area contributed by atoms with Crippen molar-refractivity contribution in [1.82, 2.24) is 0 Å². The summed E-state index contributed by atoms with van der Waals surface area (Å²) in [4.78, 5) is -0.677. The van der Waals surface area contributed by atoms with Gasteiger partial charge in [0.25, 0.3) is 15.9 Å². The van der Waals surface area contributed by atoms with Crippen molar-refractivity contribution < 1.29 is 34.8 Å². The molecule has 0 saturated heterocycles. The molecule has 0 aliphatic carbocycles. The summed E-state index contributed by atoms with van der Waals surface area (Å²) in [5.74, 6) is -3.96. The molecule has 190 valence electrons. The fourth-order valence-corrected chi connectivity index (χ4v) is 5.89. The van der Waals surface area contributed by atoms with Gasteiger partial charge in [0.05, 0.1) is 21.2 Å². The van der Waals surface area contributed by atoms with Crippen LogP contribution < -0.4 is 4.31 Å². The molecule has 0 atom stereocenters. The van der Waals surface area contributed by atoms with Crippen LogP contribution >= 0.6 is 11.6 Å². The van der Waals surface area contributed by atoms with Crippen LogP contribution in [0.3, 0.4) is 0 Å². The van der Waals surface area contributed by atoms with Crippen molar-refractivity contribution in [1.29, 1.82) is 0 Å². The van der Waals surface area contributed by atoms with Crippen molar-refractivity contribution in [2.24, 2.45) is 0 Å². The predicted octanol–water partition coefficient (Wildman–Crippen LogP) is 7.75. The maximum Gasteiger partial charge on any atom is 0.416 e. The molecular weight excluding hydrogens is 528 g/mol. The lowest BCUT2D eigenvalue weighted by Crippen LogP contribution is -2.40. The lowest BCUT2D eigenvalue weighted by atomic mass is 9.96. The maximum absolute atomic E-state index is 14.7. The summed E-state index contributed by atoms with van der Waals surface area (Å²) < 4.78 is 110. The van der Waals surface area contributed by atoms with Crippen molar-refractivity contribution in [2.75, 3.05) is 10.8 Å². The molecule has 0 fully saturated rings. The Hall–Kier alpha value is -2.98. The van der Waals surface area contributed by atoms with Gasteiger partial charge in [-0.1, -0.05) is 41.9 Å². The van der Waals surface area contributed by atoms with Crippen LogP contribution in [0.25, 0.3) is 11.6 Å².